The maximum absolute atomic E-state index is 13.1. The Kier molecular flexibility index (Phi) is 4.34. The van der Waals surface area contributed by atoms with E-state index >= 15 is 0 Å². The molecule has 0 saturated carbocycles. The second-order valence-electron chi connectivity index (χ2n) is 4.10. The summed E-state index contributed by atoms with van der Waals surface area (Å²) >= 11 is 0. The van der Waals surface area contributed by atoms with Crippen LogP contribution in [-0.4, -0.2) is 27.0 Å². The molecule has 0 amide bonds. The molecular weight excluding hydrogens is 243 g/mol. The Labute approximate surface area is 101 Å². The quantitative estimate of drug-likeness (QED) is 0.622. The summed E-state index contributed by atoms with van der Waals surface area (Å²) in [6.07, 6.45) is 1.69. The number of nitrogens with one attached hydrogen (secondary N) is 1. The molecule has 0 atom stereocenters. The van der Waals surface area contributed by atoms with E-state index in [9.17, 15) is 12.8 Å². The third kappa shape index (κ3) is 4.60. The van der Waals surface area contributed by atoms with Gasteiger partial charge in [-0.25, -0.2) is 12.8 Å². The Balaban J connectivity index is 2.55. The van der Waals surface area contributed by atoms with Crippen LogP contribution in [0.5, 0.6) is 0 Å². The van der Waals surface area contributed by atoms with E-state index < -0.39 is 9.84 Å². The normalized spacial score (nSPS) is 11.5. The molecule has 0 radical (unpaired) electrons. The molecule has 0 saturated heterocycles. The van der Waals surface area contributed by atoms with E-state index in [-0.39, 0.29) is 11.6 Å². The van der Waals surface area contributed by atoms with Crippen molar-refractivity contribution in [1.82, 2.24) is 0 Å². The number of hydrogen-bond donors (Lipinski definition) is 2. The van der Waals surface area contributed by atoms with E-state index in [0.29, 0.717) is 29.9 Å². The second-order valence-corrected chi connectivity index (χ2v) is 6.36. The Morgan fingerprint density at radius 1 is 1.41 bits per heavy atom. The molecule has 0 bridgehead atoms. The first-order valence-corrected chi connectivity index (χ1v) is 7.33. The molecule has 0 spiro atoms. The SMILES string of the molecule is Cc1cc(NCCCS(C)(=O)=O)c(N)cc1F. The van der Waals surface area contributed by atoms with Gasteiger partial charge in [0.25, 0.3) is 0 Å². The van der Waals surface area contributed by atoms with Crippen molar-refractivity contribution in [2.24, 2.45) is 0 Å². The lowest BCUT2D eigenvalue weighted by atomic mass is 10.2. The lowest BCUT2D eigenvalue weighted by molar-refractivity contribution is 0.600. The summed E-state index contributed by atoms with van der Waals surface area (Å²) in [7, 11) is -2.93. The van der Waals surface area contributed by atoms with Gasteiger partial charge in [-0.15, -0.1) is 0 Å². The zero-order chi connectivity index (χ0) is 13.1. The molecule has 96 valence electrons. The average molecular weight is 260 g/mol. The topological polar surface area (TPSA) is 72.2 Å². The highest BCUT2D eigenvalue weighted by atomic mass is 32.2. The number of rotatable bonds is 5. The molecular formula is C11H17FN2O2S. The van der Waals surface area contributed by atoms with E-state index in [2.05, 4.69) is 5.32 Å². The van der Waals surface area contributed by atoms with E-state index in [0.717, 1.165) is 0 Å². The van der Waals surface area contributed by atoms with Gasteiger partial charge in [-0.1, -0.05) is 0 Å². The van der Waals surface area contributed by atoms with Gasteiger partial charge >= 0.3 is 0 Å². The van der Waals surface area contributed by atoms with Crippen molar-refractivity contribution in [2.75, 3.05) is 29.6 Å². The van der Waals surface area contributed by atoms with Crippen molar-refractivity contribution in [3.05, 3.63) is 23.5 Å². The van der Waals surface area contributed by atoms with Crippen molar-refractivity contribution in [3.63, 3.8) is 0 Å². The van der Waals surface area contributed by atoms with E-state index in [1.807, 2.05) is 0 Å². The fraction of sp³-hybridized carbons (Fsp3) is 0.455. The largest absolute Gasteiger partial charge is 0.397 e. The molecule has 0 aliphatic carbocycles. The van der Waals surface area contributed by atoms with Crippen molar-refractivity contribution in [3.8, 4) is 0 Å². The number of hydrogen-bond acceptors (Lipinski definition) is 4. The lowest BCUT2D eigenvalue weighted by Crippen LogP contribution is -2.11. The van der Waals surface area contributed by atoms with Crippen molar-refractivity contribution >= 4 is 21.2 Å². The second kappa shape index (κ2) is 5.35. The zero-order valence-corrected chi connectivity index (χ0v) is 10.8. The minimum Gasteiger partial charge on any atom is -0.397 e. The summed E-state index contributed by atoms with van der Waals surface area (Å²) in [5.41, 5.74) is 7.10. The van der Waals surface area contributed by atoms with Gasteiger partial charge in [0.2, 0.25) is 0 Å². The third-order valence-corrected chi connectivity index (χ3v) is 3.37. The van der Waals surface area contributed by atoms with Crippen LogP contribution in [0.1, 0.15) is 12.0 Å². The molecule has 6 heteroatoms. The van der Waals surface area contributed by atoms with Gasteiger partial charge in [0.1, 0.15) is 15.7 Å². The van der Waals surface area contributed by atoms with Gasteiger partial charge < -0.3 is 11.1 Å². The molecule has 0 unspecified atom stereocenters. The van der Waals surface area contributed by atoms with Gasteiger partial charge in [0.15, 0.2) is 0 Å². The van der Waals surface area contributed by atoms with Crippen molar-refractivity contribution in [2.45, 2.75) is 13.3 Å². The number of anilines is 2. The number of aryl methyl sites for hydroxylation is 1. The van der Waals surface area contributed by atoms with Crippen LogP contribution >= 0.6 is 0 Å². The monoisotopic (exact) mass is 260 g/mol. The number of sulfone groups is 1. The van der Waals surface area contributed by atoms with Crippen molar-refractivity contribution in [1.29, 1.82) is 0 Å². The molecule has 0 aliphatic rings. The van der Waals surface area contributed by atoms with Crippen LogP contribution in [0.2, 0.25) is 0 Å². The summed E-state index contributed by atoms with van der Waals surface area (Å²) in [4.78, 5) is 0. The Bertz CT molecular complexity index is 500. The average Bonchev–Trinajstić information content (AvgIpc) is 2.18. The highest BCUT2D eigenvalue weighted by Gasteiger charge is 2.05. The standard InChI is InChI=1S/C11H17FN2O2S/c1-8-6-11(10(13)7-9(8)12)14-4-3-5-17(2,15)16/h6-7,14H,3-5,13H2,1-2H3. The molecule has 1 aromatic rings. The van der Waals surface area contributed by atoms with Gasteiger partial charge in [-0.2, -0.15) is 0 Å². The van der Waals surface area contributed by atoms with Crippen LogP contribution in [0.25, 0.3) is 0 Å². The maximum Gasteiger partial charge on any atom is 0.147 e. The van der Waals surface area contributed by atoms with E-state index in [1.54, 1.807) is 13.0 Å². The lowest BCUT2D eigenvalue weighted by Gasteiger charge is -2.10. The smallest absolute Gasteiger partial charge is 0.147 e. The molecule has 0 heterocycles. The molecule has 0 fully saturated rings. The minimum atomic E-state index is -2.93. The van der Waals surface area contributed by atoms with Crippen LogP contribution in [0.15, 0.2) is 12.1 Å². The Hall–Kier alpha value is -1.30. The fourth-order valence-electron chi connectivity index (χ4n) is 1.41. The fourth-order valence-corrected chi connectivity index (χ4v) is 2.08. The molecule has 0 aromatic heterocycles. The van der Waals surface area contributed by atoms with Crippen LogP contribution in [0, 0.1) is 12.7 Å². The molecule has 0 aliphatic heterocycles. The zero-order valence-electron chi connectivity index (χ0n) is 9.96. The molecule has 4 nitrogen and oxygen atoms in total. The predicted octanol–water partition coefficient (Wildman–Crippen LogP) is 1.56. The minimum absolute atomic E-state index is 0.125. The summed E-state index contributed by atoms with van der Waals surface area (Å²) in [6, 6.07) is 2.87. The van der Waals surface area contributed by atoms with Crippen LogP contribution in [0.3, 0.4) is 0 Å². The molecule has 1 rings (SSSR count). The predicted molar refractivity (Wildman–Crippen MR) is 68.4 cm³/mol. The molecule has 1 aromatic carbocycles. The first-order valence-electron chi connectivity index (χ1n) is 5.27. The van der Waals surface area contributed by atoms with Gasteiger partial charge in [0, 0.05) is 12.8 Å². The van der Waals surface area contributed by atoms with Gasteiger partial charge in [-0.05, 0) is 31.0 Å². The van der Waals surface area contributed by atoms with Crippen molar-refractivity contribution < 1.29 is 12.8 Å². The summed E-state index contributed by atoms with van der Waals surface area (Å²) in [5.74, 6) is -0.218. The van der Waals surface area contributed by atoms with Crippen LogP contribution in [0.4, 0.5) is 15.8 Å². The van der Waals surface area contributed by atoms with E-state index in [1.165, 1.54) is 12.3 Å². The summed E-state index contributed by atoms with van der Waals surface area (Å²) in [5, 5.41) is 3.00. The van der Waals surface area contributed by atoms with Crippen LogP contribution < -0.4 is 11.1 Å². The third-order valence-electron chi connectivity index (χ3n) is 2.34. The number of nitrogen functional groups attached to an aromatic ring is 1. The number of benzene rings is 1. The summed E-state index contributed by atoms with van der Waals surface area (Å²) < 4.78 is 34.9. The van der Waals surface area contributed by atoms with Crippen LogP contribution in [-0.2, 0) is 9.84 Å². The maximum atomic E-state index is 13.1. The highest BCUT2D eigenvalue weighted by Crippen LogP contribution is 2.22. The Morgan fingerprint density at radius 2 is 2.06 bits per heavy atom. The first kappa shape index (κ1) is 13.8. The molecule has 17 heavy (non-hydrogen) atoms. The van der Waals surface area contributed by atoms with E-state index in [4.69, 9.17) is 5.73 Å². The molecule has 3 N–H and O–H groups in total. The first-order chi connectivity index (χ1) is 7.79. The van der Waals surface area contributed by atoms with Gasteiger partial charge in [-0.3, -0.25) is 0 Å². The summed E-state index contributed by atoms with van der Waals surface area (Å²) in [6.45, 7) is 2.14. The Morgan fingerprint density at radius 3 is 2.65 bits per heavy atom. The van der Waals surface area contributed by atoms with Gasteiger partial charge in [0.05, 0.1) is 17.1 Å². The number of nitrogens with two attached hydrogens (primary N) is 1. The highest BCUT2D eigenvalue weighted by molar-refractivity contribution is 7.90. The number of halogens is 1.